The largest absolute Gasteiger partial charge is 0.483 e. The van der Waals surface area contributed by atoms with Gasteiger partial charge in [0.2, 0.25) is 0 Å². The molecule has 0 bridgehead atoms. The van der Waals surface area contributed by atoms with Gasteiger partial charge in [0, 0.05) is 35.4 Å². The van der Waals surface area contributed by atoms with Crippen molar-refractivity contribution in [1.29, 1.82) is 0 Å². The molecule has 2 rings (SSSR count). The Morgan fingerprint density at radius 1 is 1.11 bits per heavy atom. The Kier molecular flexibility index (Phi) is 6.65. The minimum atomic E-state index is -0.285. The Labute approximate surface area is 168 Å². The van der Waals surface area contributed by atoms with E-state index in [2.05, 4.69) is 42.0 Å². The fourth-order valence-electron chi connectivity index (χ4n) is 2.54. The lowest BCUT2D eigenvalue weighted by molar-refractivity contribution is -0.118. The van der Waals surface area contributed by atoms with Crippen molar-refractivity contribution in [3.63, 3.8) is 0 Å². The van der Waals surface area contributed by atoms with Gasteiger partial charge in [0.25, 0.3) is 11.8 Å². The third kappa shape index (κ3) is 5.82. The van der Waals surface area contributed by atoms with Crippen LogP contribution in [0.3, 0.4) is 0 Å². The first-order valence-corrected chi connectivity index (χ1v) is 9.41. The molecule has 2 aromatic rings. The summed E-state index contributed by atoms with van der Waals surface area (Å²) in [6.45, 7) is 6.16. The average Bonchev–Trinajstić information content (AvgIpc) is 2.59. The highest BCUT2D eigenvalue weighted by atomic mass is 79.9. The number of benzene rings is 2. The smallest absolute Gasteiger partial charge is 0.262 e. The van der Waals surface area contributed by atoms with E-state index in [0.717, 1.165) is 10.0 Å². The van der Waals surface area contributed by atoms with E-state index in [9.17, 15) is 9.59 Å². The summed E-state index contributed by atoms with van der Waals surface area (Å²) in [6, 6.07) is 12.6. The standard InChI is InChI=1S/C21H25BrN2O3/c1-21(2,3)17-12-15(22)9-10-18(17)27-13-19(25)23-16-8-6-7-14(11-16)20(26)24(4)5/h6-12H,13H2,1-5H3,(H,23,25). The van der Waals surface area contributed by atoms with Crippen LogP contribution in [0.5, 0.6) is 5.75 Å². The lowest BCUT2D eigenvalue weighted by atomic mass is 9.86. The maximum absolute atomic E-state index is 12.3. The summed E-state index contributed by atoms with van der Waals surface area (Å²) in [5.74, 6) is 0.275. The molecular weight excluding hydrogens is 408 g/mol. The van der Waals surface area contributed by atoms with Gasteiger partial charge in [-0.15, -0.1) is 0 Å². The molecule has 0 aliphatic rings. The maximum atomic E-state index is 12.3. The van der Waals surface area contributed by atoms with Crippen molar-refractivity contribution in [2.24, 2.45) is 0 Å². The fourth-order valence-corrected chi connectivity index (χ4v) is 2.90. The van der Waals surface area contributed by atoms with Gasteiger partial charge in [-0.1, -0.05) is 42.8 Å². The lowest BCUT2D eigenvalue weighted by Gasteiger charge is -2.23. The number of nitrogens with zero attached hydrogens (tertiary/aromatic N) is 1. The van der Waals surface area contributed by atoms with E-state index in [1.807, 2.05) is 18.2 Å². The first-order valence-electron chi connectivity index (χ1n) is 8.62. The SMILES string of the molecule is CN(C)C(=O)c1cccc(NC(=O)COc2ccc(Br)cc2C(C)(C)C)c1. The van der Waals surface area contributed by atoms with E-state index in [4.69, 9.17) is 4.74 Å². The van der Waals surface area contributed by atoms with Crippen LogP contribution in [-0.2, 0) is 10.2 Å². The molecule has 6 heteroatoms. The van der Waals surface area contributed by atoms with Crippen LogP contribution >= 0.6 is 15.9 Å². The Morgan fingerprint density at radius 2 is 1.81 bits per heavy atom. The van der Waals surface area contributed by atoms with E-state index in [1.54, 1.807) is 38.4 Å². The zero-order valence-corrected chi connectivity index (χ0v) is 17.9. The quantitative estimate of drug-likeness (QED) is 0.757. The molecule has 0 fully saturated rings. The highest BCUT2D eigenvalue weighted by Gasteiger charge is 2.20. The number of carbonyl (C=O) groups excluding carboxylic acids is 2. The number of halogens is 1. The van der Waals surface area contributed by atoms with Gasteiger partial charge in [-0.05, 0) is 41.8 Å². The average molecular weight is 433 g/mol. The third-order valence-electron chi connectivity index (χ3n) is 3.91. The normalized spacial score (nSPS) is 11.0. The predicted octanol–water partition coefficient (Wildman–Crippen LogP) is 4.47. The zero-order chi connectivity index (χ0) is 20.2. The number of hydrogen-bond donors (Lipinski definition) is 1. The van der Waals surface area contributed by atoms with Crippen LogP contribution in [0.1, 0.15) is 36.7 Å². The molecule has 0 saturated carbocycles. The topological polar surface area (TPSA) is 58.6 Å². The molecule has 1 N–H and O–H groups in total. The van der Waals surface area contributed by atoms with E-state index < -0.39 is 0 Å². The number of amides is 2. The second kappa shape index (κ2) is 8.57. The van der Waals surface area contributed by atoms with Gasteiger partial charge < -0.3 is 15.0 Å². The highest BCUT2D eigenvalue weighted by molar-refractivity contribution is 9.10. The van der Waals surface area contributed by atoms with Crippen LogP contribution in [0.2, 0.25) is 0 Å². The first-order chi connectivity index (χ1) is 12.6. The molecule has 0 unspecified atom stereocenters. The van der Waals surface area contributed by atoms with Crippen LogP contribution in [0.4, 0.5) is 5.69 Å². The Bertz CT molecular complexity index is 842. The summed E-state index contributed by atoms with van der Waals surface area (Å²) in [5.41, 5.74) is 1.98. The van der Waals surface area contributed by atoms with Crippen LogP contribution in [-0.4, -0.2) is 37.4 Å². The number of ether oxygens (including phenoxy) is 1. The monoisotopic (exact) mass is 432 g/mol. The second-order valence-corrected chi connectivity index (χ2v) is 8.42. The molecule has 0 heterocycles. The molecule has 5 nitrogen and oxygen atoms in total. The van der Waals surface area contributed by atoms with Gasteiger partial charge >= 0.3 is 0 Å². The molecule has 2 aromatic carbocycles. The zero-order valence-electron chi connectivity index (χ0n) is 16.3. The number of nitrogens with one attached hydrogen (secondary N) is 1. The number of carbonyl (C=O) groups is 2. The summed E-state index contributed by atoms with van der Waals surface area (Å²) >= 11 is 3.48. The second-order valence-electron chi connectivity index (χ2n) is 7.51. The van der Waals surface area contributed by atoms with Crippen molar-refractivity contribution in [2.75, 3.05) is 26.0 Å². The summed E-state index contributed by atoms with van der Waals surface area (Å²) in [4.78, 5) is 25.8. The lowest BCUT2D eigenvalue weighted by Crippen LogP contribution is -2.23. The van der Waals surface area contributed by atoms with E-state index in [1.165, 1.54) is 4.90 Å². The number of anilines is 1. The van der Waals surface area contributed by atoms with Crippen LogP contribution in [0.25, 0.3) is 0 Å². The van der Waals surface area contributed by atoms with Crippen molar-refractivity contribution in [2.45, 2.75) is 26.2 Å². The molecule has 0 spiro atoms. The molecule has 27 heavy (non-hydrogen) atoms. The van der Waals surface area contributed by atoms with Crippen LogP contribution in [0, 0.1) is 0 Å². The van der Waals surface area contributed by atoms with Crippen molar-refractivity contribution in [1.82, 2.24) is 4.90 Å². The minimum absolute atomic E-state index is 0.115. The molecule has 0 aliphatic heterocycles. The highest BCUT2D eigenvalue weighted by Crippen LogP contribution is 2.33. The number of rotatable bonds is 5. The van der Waals surface area contributed by atoms with Gasteiger partial charge in [0.15, 0.2) is 6.61 Å². The van der Waals surface area contributed by atoms with Gasteiger partial charge in [0.05, 0.1) is 0 Å². The van der Waals surface area contributed by atoms with Gasteiger partial charge in [-0.25, -0.2) is 0 Å². The third-order valence-corrected chi connectivity index (χ3v) is 4.40. The molecule has 2 amide bonds. The molecule has 0 aliphatic carbocycles. The Hall–Kier alpha value is -2.34. The van der Waals surface area contributed by atoms with Gasteiger partial charge in [-0.3, -0.25) is 9.59 Å². The summed E-state index contributed by atoms with van der Waals surface area (Å²) in [6.07, 6.45) is 0. The minimum Gasteiger partial charge on any atom is -0.483 e. The van der Waals surface area contributed by atoms with Crippen molar-refractivity contribution in [3.05, 3.63) is 58.1 Å². The van der Waals surface area contributed by atoms with Gasteiger partial charge in [-0.2, -0.15) is 0 Å². The molecule has 0 atom stereocenters. The van der Waals surface area contributed by atoms with E-state index in [0.29, 0.717) is 17.0 Å². The maximum Gasteiger partial charge on any atom is 0.262 e. The summed E-state index contributed by atoms with van der Waals surface area (Å²) < 4.78 is 6.72. The Balaban J connectivity index is 2.06. The number of hydrogen-bond acceptors (Lipinski definition) is 3. The summed E-state index contributed by atoms with van der Waals surface area (Å²) in [5, 5.41) is 2.77. The molecular formula is C21H25BrN2O3. The predicted molar refractivity (Wildman–Crippen MR) is 111 cm³/mol. The first kappa shape index (κ1) is 21.0. The van der Waals surface area contributed by atoms with Crippen LogP contribution < -0.4 is 10.1 Å². The van der Waals surface area contributed by atoms with Crippen molar-refractivity contribution < 1.29 is 14.3 Å². The van der Waals surface area contributed by atoms with Crippen LogP contribution in [0.15, 0.2) is 46.9 Å². The summed E-state index contributed by atoms with van der Waals surface area (Å²) in [7, 11) is 3.37. The van der Waals surface area contributed by atoms with Crippen molar-refractivity contribution in [3.8, 4) is 5.75 Å². The fraction of sp³-hybridized carbons (Fsp3) is 0.333. The van der Waals surface area contributed by atoms with E-state index in [-0.39, 0.29) is 23.8 Å². The van der Waals surface area contributed by atoms with E-state index >= 15 is 0 Å². The van der Waals surface area contributed by atoms with Gasteiger partial charge in [0.1, 0.15) is 5.75 Å². The molecule has 0 radical (unpaired) electrons. The molecule has 0 saturated heterocycles. The Morgan fingerprint density at radius 3 is 2.44 bits per heavy atom. The molecule has 144 valence electrons. The van der Waals surface area contributed by atoms with Crippen molar-refractivity contribution >= 4 is 33.4 Å². The molecule has 0 aromatic heterocycles.